The summed E-state index contributed by atoms with van der Waals surface area (Å²) in [5.74, 6) is -0.531. The molecule has 0 aliphatic rings. The number of ether oxygens (including phenoxy) is 1. The first-order valence-electron chi connectivity index (χ1n) is 4.50. The number of hydrogen-bond acceptors (Lipinski definition) is 5. The average molecular weight is 289 g/mol. The molecule has 0 bridgehead atoms. The predicted octanol–water partition coefficient (Wildman–Crippen LogP) is 1.86. The van der Waals surface area contributed by atoms with E-state index in [-0.39, 0.29) is 24.4 Å². The maximum atomic E-state index is 11.2. The van der Waals surface area contributed by atoms with Crippen molar-refractivity contribution in [3.8, 4) is 0 Å². The molecule has 1 aromatic heterocycles. The Morgan fingerprint density at radius 2 is 2.31 bits per heavy atom. The van der Waals surface area contributed by atoms with Crippen molar-refractivity contribution in [2.45, 2.75) is 13.3 Å². The molecule has 0 saturated heterocycles. The lowest BCUT2D eigenvalue weighted by molar-refractivity contribution is -0.385. The van der Waals surface area contributed by atoms with Gasteiger partial charge in [-0.2, -0.15) is 0 Å². The number of halogens is 1. The molecule has 0 amide bonds. The molecule has 1 heterocycles. The van der Waals surface area contributed by atoms with Gasteiger partial charge in [0.05, 0.1) is 18.0 Å². The standard InChI is InChI=1S/C9H9BrN2O4/c1-2-16-9(13)5-6-7(12(14)15)3-4-8(10)11-6/h3-4H,2,5H2,1H3. The van der Waals surface area contributed by atoms with Crippen LogP contribution in [0, 0.1) is 10.1 Å². The number of hydrogen-bond donors (Lipinski definition) is 0. The summed E-state index contributed by atoms with van der Waals surface area (Å²) in [7, 11) is 0. The van der Waals surface area contributed by atoms with Crippen molar-refractivity contribution in [2.24, 2.45) is 0 Å². The second kappa shape index (κ2) is 5.55. The first-order valence-corrected chi connectivity index (χ1v) is 5.29. The van der Waals surface area contributed by atoms with E-state index in [0.717, 1.165) is 0 Å². The second-order valence-corrected chi connectivity index (χ2v) is 3.65. The van der Waals surface area contributed by atoms with E-state index < -0.39 is 10.9 Å². The van der Waals surface area contributed by atoms with Gasteiger partial charge in [0.2, 0.25) is 0 Å². The molecule has 0 aliphatic carbocycles. The number of carbonyl (C=O) groups excluding carboxylic acids is 1. The van der Waals surface area contributed by atoms with E-state index in [0.29, 0.717) is 4.60 Å². The fourth-order valence-electron chi connectivity index (χ4n) is 1.11. The topological polar surface area (TPSA) is 82.3 Å². The molecule has 7 heteroatoms. The molecule has 1 rings (SSSR count). The van der Waals surface area contributed by atoms with Gasteiger partial charge in [-0.15, -0.1) is 0 Å². The summed E-state index contributed by atoms with van der Waals surface area (Å²) in [5, 5.41) is 10.7. The van der Waals surface area contributed by atoms with E-state index in [1.54, 1.807) is 6.92 Å². The summed E-state index contributed by atoms with van der Waals surface area (Å²) in [6, 6.07) is 2.75. The minimum Gasteiger partial charge on any atom is -0.466 e. The highest BCUT2D eigenvalue weighted by Gasteiger charge is 2.18. The van der Waals surface area contributed by atoms with Crippen LogP contribution in [0.3, 0.4) is 0 Å². The van der Waals surface area contributed by atoms with Gasteiger partial charge in [0.15, 0.2) is 0 Å². The minimum atomic E-state index is -0.575. The molecule has 1 aromatic rings. The maximum Gasteiger partial charge on any atom is 0.312 e. The van der Waals surface area contributed by atoms with Crippen LogP contribution in [0.2, 0.25) is 0 Å². The van der Waals surface area contributed by atoms with Crippen LogP contribution in [-0.4, -0.2) is 22.5 Å². The second-order valence-electron chi connectivity index (χ2n) is 2.84. The molecule has 0 fully saturated rings. The van der Waals surface area contributed by atoms with Crippen LogP contribution in [0.25, 0.3) is 0 Å². The number of rotatable bonds is 4. The number of pyridine rings is 1. The lowest BCUT2D eigenvalue weighted by Gasteiger charge is -2.02. The zero-order valence-corrected chi connectivity index (χ0v) is 10.1. The van der Waals surface area contributed by atoms with E-state index >= 15 is 0 Å². The Morgan fingerprint density at radius 3 is 2.88 bits per heavy atom. The number of nitrogens with zero attached hydrogens (tertiary/aromatic N) is 2. The monoisotopic (exact) mass is 288 g/mol. The molecule has 0 radical (unpaired) electrons. The largest absolute Gasteiger partial charge is 0.466 e. The maximum absolute atomic E-state index is 11.2. The molecule has 16 heavy (non-hydrogen) atoms. The Bertz CT molecular complexity index is 422. The smallest absolute Gasteiger partial charge is 0.312 e. The first-order chi connectivity index (χ1) is 7.54. The van der Waals surface area contributed by atoms with Crippen molar-refractivity contribution in [3.63, 3.8) is 0 Å². The Morgan fingerprint density at radius 1 is 1.62 bits per heavy atom. The van der Waals surface area contributed by atoms with Crippen molar-refractivity contribution in [1.29, 1.82) is 0 Å². The van der Waals surface area contributed by atoms with Crippen molar-refractivity contribution in [2.75, 3.05) is 6.61 Å². The van der Waals surface area contributed by atoms with E-state index in [4.69, 9.17) is 4.74 Å². The summed E-state index contributed by atoms with van der Waals surface area (Å²) in [4.78, 5) is 25.2. The zero-order valence-electron chi connectivity index (χ0n) is 8.47. The fraction of sp³-hybridized carbons (Fsp3) is 0.333. The third-order valence-corrected chi connectivity index (χ3v) is 2.17. The molecule has 0 unspecified atom stereocenters. The van der Waals surface area contributed by atoms with Gasteiger partial charge in [0, 0.05) is 6.07 Å². The van der Waals surface area contributed by atoms with Gasteiger partial charge in [0.1, 0.15) is 10.3 Å². The fourth-order valence-corrected chi connectivity index (χ4v) is 1.46. The molecule has 0 aromatic carbocycles. The van der Waals surface area contributed by atoms with Crippen LogP contribution >= 0.6 is 15.9 Å². The van der Waals surface area contributed by atoms with E-state index in [9.17, 15) is 14.9 Å². The molecule has 0 N–H and O–H groups in total. The first kappa shape index (κ1) is 12.6. The van der Waals surface area contributed by atoms with Gasteiger partial charge in [-0.1, -0.05) is 0 Å². The highest BCUT2D eigenvalue weighted by molar-refractivity contribution is 9.10. The Kier molecular flexibility index (Phi) is 4.36. The van der Waals surface area contributed by atoms with Crippen LogP contribution in [0.15, 0.2) is 16.7 Å². The molecule has 6 nitrogen and oxygen atoms in total. The summed E-state index contributed by atoms with van der Waals surface area (Å²) in [6.07, 6.45) is -0.205. The van der Waals surface area contributed by atoms with E-state index in [2.05, 4.69) is 20.9 Å². The van der Waals surface area contributed by atoms with Gasteiger partial charge >= 0.3 is 5.97 Å². The average Bonchev–Trinajstić information content (AvgIpc) is 2.17. The quantitative estimate of drug-likeness (QED) is 0.365. The van der Waals surface area contributed by atoms with Gasteiger partial charge in [-0.05, 0) is 28.9 Å². The minimum absolute atomic E-state index is 0.0952. The van der Waals surface area contributed by atoms with Crippen LogP contribution in [0.1, 0.15) is 12.6 Å². The highest BCUT2D eigenvalue weighted by Crippen LogP contribution is 2.20. The SMILES string of the molecule is CCOC(=O)Cc1nc(Br)ccc1[N+](=O)[O-]. The van der Waals surface area contributed by atoms with Gasteiger partial charge < -0.3 is 4.74 Å². The third-order valence-electron chi connectivity index (χ3n) is 1.73. The molecule has 86 valence electrons. The number of esters is 1. The van der Waals surface area contributed by atoms with Crippen molar-refractivity contribution >= 4 is 27.6 Å². The molecular weight excluding hydrogens is 280 g/mol. The van der Waals surface area contributed by atoms with Crippen LogP contribution in [-0.2, 0) is 16.0 Å². The number of aromatic nitrogens is 1. The van der Waals surface area contributed by atoms with Crippen molar-refractivity contribution < 1.29 is 14.5 Å². The third kappa shape index (κ3) is 3.27. The van der Waals surface area contributed by atoms with Gasteiger partial charge in [0.25, 0.3) is 5.69 Å². The van der Waals surface area contributed by atoms with E-state index in [1.165, 1.54) is 12.1 Å². The van der Waals surface area contributed by atoms with Crippen molar-refractivity contribution in [3.05, 3.63) is 32.5 Å². The number of carbonyl (C=O) groups is 1. The summed E-state index contributed by atoms with van der Waals surface area (Å²) >= 11 is 3.09. The summed E-state index contributed by atoms with van der Waals surface area (Å²) < 4.78 is 5.15. The van der Waals surface area contributed by atoms with Gasteiger partial charge in [-0.3, -0.25) is 14.9 Å². The Hall–Kier alpha value is -1.50. The molecule has 0 spiro atoms. The van der Waals surface area contributed by atoms with Crippen LogP contribution in [0.5, 0.6) is 0 Å². The highest BCUT2D eigenvalue weighted by atomic mass is 79.9. The van der Waals surface area contributed by atoms with E-state index in [1.807, 2.05) is 0 Å². The Balaban J connectivity index is 2.96. The normalized spacial score (nSPS) is 9.88. The summed E-state index contributed by atoms with van der Waals surface area (Å²) in [6.45, 7) is 1.90. The molecule has 0 aliphatic heterocycles. The lowest BCUT2D eigenvalue weighted by atomic mass is 10.2. The zero-order chi connectivity index (χ0) is 12.1. The van der Waals surface area contributed by atoms with Crippen molar-refractivity contribution in [1.82, 2.24) is 4.98 Å². The summed E-state index contributed by atoms with van der Waals surface area (Å²) in [5.41, 5.74) is -0.0888. The Labute approximate surface area is 99.9 Å². The van der Waals surface area contributed by atoms with Crippen LogP contribution in [0.4, 0.5) is 5.69 Å². The number of nitro groups is 1. The van der Waals surface area contributed by atoms with Crippen LogP contribution < -0.4 is 0 Å². The molecular formula is C9H9BrN2O4. The molecule has 0 saturated carbocycles. The lowest BCUT2D eigenvalue weighted by Crippen LogP contribution is -2.10. The molecule has 0 atom stereocenters. The predicted molar refractivity (Wildman–Crippen MR) is 58.9 cm³/mol. The van der Waals surface area contributed by atoms with Gasteiger partial charge in [-0.25, -0.2) is 4.98 Å².